The van der Waals surface area contributed by atoms with E-state index in [0.717, 1.165) is 27.7 Å². The minimum absolute atomic E-state index is 0.291. The van der Waals surface area contributed by atoms with Gasteiger partial charge in [0.25, 0.3) is 5.95 Å². The van der Waals surface area contributed by atoms with Gasteiger partial charge in [0, 0.05) is 21.5 Å². The lowest BCUT2D eigenvalue weighted by Gasteiger charge is -1.97. The number of aromatic amines is 1. The van der Waals surface area contributed by atoms with Gasteiger partial charge >= 0.3 is 0 Å². The molecule has 7 nitrogen and oxygen atoms in total. The van der Waals surface area contributed by atoms with Crippen molar-refractivity contribution in [1.29, 1.82) is 0 Å². The third-order valence-corrected chi connectivity index (χ3v) is 4.49. The van der Waals surface area contributed by atoms with Gasteiger partial charge < -0.3 is 9.40 Å². The maximum Gasteiger partial charge on any atom is 0.265 e. The number of aromatic nitrogens is 4. The number of furan rings is 1. The van der Waals surface area contributed by atoms with E-state index in [2.05, 4.69) is 30.7 Å². The number of hydrogen-bond acceptors (Lipinski definition) is 6. The maximum absolute atomic E-state index is 5.91. The van der Waals surface area contributed by atoms with Crippen molar-refractivity contribution < 1.29 is 4.42 Å². The molecule has 0 spiro atoms. The number of rotatable bonds is 4. The molecule has 2 aromatic carbocycles. The van der Waals surface area contributed by atoms with Crippen molar-refractivity contribution in [2.24, 2.45) is 5.10 Å². The molecule has 0 saturated carbocycles. The lowest BCUT2D eigenvalue weighted by molar-refractivity contribution is 0.575. The second-order valence-electron chi connectivity index (χ2n) is 6.08. The predicted molar refractivity (Wildman–Crippen MR) is 110 cm³/mol. The van der Waals surface area contributed by atoms with Gasteiger partial charge in [-0.3, -0.25) is 0 Å². The largest absolute Gasteiger partial charge is 0.455 e. The fourth-order valence-electron chi connectivity index (χ4n) is 2.91. The summed E-state index contributed by atoms with van der Waals surface area (Å²) in [4.78, 5) is 7.63. The molecule has 0 amide bonds. The minimum atomic E-state index is 0.291. The molecule has 5 aromatic rings. The van der Waals surface area contributed by atoms with E-state index in [0.29, 0.717) is 22.4 Å². The van der Waals surface area contributed by atoms with Crippen LogP contribution in [-0.2, 0) is 0 Å². The summed E-state index contributed by atoms with van der Waals surface area (Å²) in [7, 11) is 0. The molecule has 3 heterocycles. The van der Waals surface area contributed by atoms with Crippen molar-refractivity contribution >= 4 is 45.8 Å². The van der Waals surface area contributed by atoms with Crippen molar-refractivity contribution in [3.05, 3.63) is 71.4 Å². The summed E-state index contributed by atoms with van der Waals surface area (Å²) in [5.74, 6) is 1.62. The van der Waals surface area contributed by atoms with Crippen LogP contribution in [0.5, 0.6) is 0 Å². The van der Waals surface area contributed by atoms with Gasteiger partial charge in [-0.15, -0.1) is 10.2 Å². The highest BCUT2D eigenvalue weighted by Gasteiger charge is 2.08. The molecule has 0 aliphatic heterocycles. The van der Waals surface area contributed by atoms with Crippen molar-refractivity contribution in [3.8, 4) is 11.3 Å². The number of para-hydroxylation sites is 1. The Hall–Kier alpha value is -3.71. The summed E-state index contributed by atoms with van der Waals surface area (Å²) in [6.07, 6.45) is 1.55. The Morgan fingerprint density at radius 2 is 1.86 bits per heavy atom. The zero-order chi connectivity index (χ0) is 18.9. The van der Waals surface area contributed by atoms with E-state index in [1.165, 1.54) is 0 Å². The Bertz CT molecular complexity index is 1310. The lowest BCUT2D eigenvalue weighted by Crippen LogP contribution is -1.98. The number of fused-ring (bicyclic) bond motifs is 3. The average molecular weight is 389 g/mol. The molecule has 0 unspecified atom stereocenters. The normalized spacial score (nSPS) is 11.6. The molecule has 28 heavy (non-hydrogen) atoms. The number of anilines is 1. The molecule has 5 rings (SSSR count). The number of halogens is 1. The number of hydrogen-bond donors (Lipinski definition) is 2. The highest BCUT2D eigenvalue weighted by molar-refractivity contribution is 6.30. The smallest absolute Gasteiger partial charge is 0.265 e. The number of hydrazone groups is 1. The Labute approximate surface area is 164 Å². The molecule has 0 aliphatic rings. The van der Waals surface area contributed by atoms with Crippen molar-refractivity contribution in [2.45, 2.75) is 0 Å². The van der Waals surface area contributed by atoms with Crippen LogP contribution >= 0.6 is 11.6 Å². The van der Waals surface area contributed by atoms with Gasteiger partial charge in [0.15, 0.2) is 5.65 Å². The number of H-pyrrole nitrogens is 1. The van der Waals surface area contributed by atoms with E-state index in [-0.39, 0.29) is 0 Å². The molecule has 0 aliphatic carbocycles. The first kappa shape index (κ1) is 16.5. The Kier molecular flexibility index (Phi) is 3.99. The summed E-state index contributed by atoms with van der Waals surface area (Å²) in [5, 5.41) is 14.1. The highest BCUT2D eigenvalue weighted by atomic mass is 35.5. The third-order valence-electron chi connectivity index (χ3n) is 4.23. The highest BCUT2D eigenvalue weighted by Crippen LogP contribution is 2.24. The van der Waals surface area contributed by atoms with Crippen LogP contribution in [0, 0.1) is 0 Å². The van der Waals surface area contributed by atoms with Crippen LogP contribution in [0.2, 0.25) is 5.02 Å². The van der Waals surface area contributed by atoms with Crippen LogP contribution in [-0.4, -0.2) is 26.4 Å². The fraction of sp³-hybridized carbons (Fsp3) is 0. The number of benzene rings is 2. The second kappa shape index (κ2) is 6.79. The summed E-state index contributed by atoms with van der Waals surface area (Å²) < 4.78 is 5.76. The first-order valence-corrected chi connectivity index (χ1v) is 8.90. The van der Waals surface area contributed by atoms with Crippen molar-refractivity contribution in [1.82, 2.24) is 20.2 Å². The SMILES string of the molecule is Clc1ccc(-c2ccc(/C=N/Nc3nnc4c(n3)[nH]c3ccccc34)o2)cc1. The molecular formula is C20H13ClN6O. The van der Waals surface area contributed by atoms with Crippen LogP contribution in [0.25, 0.3) is 33.4 Å². The van der Waals surface area contributed by atoms with Crippen LogP contribution in [0.15, 0.2) is 70.2 Å². The van der Waals surface area contributed by atoms with Gasteiger partial charge in [-0.05, 0) is 42.5 Å². The minimum Gasteiger partial charge on any atom is -0.455 e. The molecule has 0 bridgehead atoms. The quantitative estimate of drug-likeness (QED) is 0.338. The third kappa shape index (κ3) is 3.08. The molecule has 2 N–H and O–H groups in total. The van der Waals surface area contributed by atoms with E-state index in [4.69, 9.17) is 16.0 Å². The summed E-state index contributed by atoms with van der Waals surface area (Å²) in [6, 6.07) is 19.0. The van der Waals surface area contributed by atoms with E-state index in [1.54, 1.807) is 6.21 Å². The van der Waals surface area contributed by atoms with E-state index >= 15 is 0 Å². The van der Waals surface area contributed by atoms with Gasteiger partial charge in [-0.2, -0.15) is 10.1 Å². The summed E-state index contributed by atoms with van der Waals surface area (Å²) in [6.45, 7) is 0. The van der Waals surface area contributed by atoms with Gasteiger partial charge in [-0.1, -0.05) is 29.8 Å². The van der Waals surface area contributed by atoms with E-state index < -0.39 is 0 Å². The van der Waals surface area contributed by atoms with E-state index in [9.17, 15) is 0 Å². The van der Waals surface area contributed by atoms with Gasteiger partial charge in [-0.25, -0.2) is 5.43 Å². The van der Waals surface area contributed by atoms with Crippen LogP contribution in [0.3, 0.4) is 0 Å². The second-order valence-corrected chi connectivity index (χ2v) is 6.52. The molecular weight excluding hydrogens is 376 g/mol. The van der Waals surface area contributed by atoms with Gasteiger partial charge in [0.05, 0.1) is 6.21 Å². The first-order valence-electron chi connectivity index (χ1n) is 8.52. The first-order chi connectivity index (χ1) is 13.8. The molecule has 3 aromatic heterocycles. The molecule has 136 valence electrons. The van der Waals surface area contributed by atoms with Gasteiger partial charge in [0.1, 0.15) is 17.0 Å². The van der Waals surface area contributed by atoms with Crippen molar-refractivity contribution in [2.75, 3.05) is 5.43 Å². The predicted octanol–water partition coefficient (Wildman–Crippen LogP) is 4.87. The molecule has 0 radical (unpaired) electrons. The Morgan fingerprint density at radius 3 is 2.75 bits per heavy atom. The zero-order valence-electron chi connectivity index (χ0n) is 14.4. The number of nitrogens with zero attached hydrogens (tertiary/aromatic N) is 4. The molecule has 8 heteroatoms. The standard InChI is InChI=1S/C20H13ClN6O/c21-13-7-5-12(6-8-13)17-10-9-14(28-17)11-22-26-20-24-19-18(25-27-20)15-3-1-2-4-16(15)23-19/h1-11H,(H2,23,24,26,27)/b22-11+. The topological polar surface area (TPSA) is 92.0 Å². The monoisotopic (exact) mass is 388 g/mol. The van der Waals surface area contributed by atoms with Crippen molar-refractivity contribution in [3.63, 3.8) is 0 Å². The molecule has 0 atom stereocenters. The van der Waals surface area contributed by atoms with Crippen LogP contribution in [0.1, 0.15) is 5.76 Å². The lowest BCUT2D eigenvalue weighted by atomic mass is 10.2. The number of nitrogens with one attached hydrogen (secondary N) is 2. The summed E-state index contributed by atoms with van der Waals surface area (Å²) in [5.41, 5.74) is 6.05. The van der Waals surface area contributed by atoms with E-state index in [1.807, 2.05) is 60.7 Å². The van der Waals surface area contributed by atoms with Crippen LogP contribution < -0.4 is 5.43 Å². The van der Waals surface area contributed by atoms with Gasteiger partial charge in [0.2, 0.25) is 0 Å². The van der Waals surface area contributed by atoms with Crippen LogP contribution in [0.4, 0.5) is 5.95 Å². The Morgan fingerprint density at radius 1 is 1.00 bits per heavy atom. The maximum atomic E-state index is 5.91. The molecule has 0 fully saturated rings. The fourth-order valence-corrected chi connectivity index (χ4v) is 3.04. The molecule has 0 saturated heterocycles. The summed E-state index contributed by atoms with van der Waals surface area (Å²) >= 11 is 5.91. The Balaban J connectivity index is 1.34. The average Bonchev–Trinajstić information content (AvgIpc) is 3.33. The zero-order valence-corrected chi connectivity index (χ0v) is 15.2.